The summed E-state index contributed by atoms with van der Waals surface area (Å²) >= 11 is 2.00. The molecule has 0 aliphatic carbocycles. The minimum atomic E-state index is 0.390. The Kier molecular flexibility index (Phi) is 5.44. The van der Waals surface area contributed by atoms with E-state index in [1.165, 1.54) is 18.4 Å². The number of benzene rings is 1. The molecule has 21 heavy (non-hydrogen) atoms. The van der Waals surface area contributed by atoms with Crippen LogP contribution in [0, 0.1) is 0 Å². The molecule has 116 valence electrons. The van der Waals surface area contributed by atoms with Crippen LogP contribution in [-0.2, 0) is 4.74 Å². The summed E-state index contributed by atoms with van der Waals surface area (Å²) in [5, 5.41) is 4.18. The van der Waals surface area contributed by atoms with Crippen molar-refractivity contribution in [1.82, 2.24) is 5.32 Å². The zero-order valence-electron chi connectivity index (χ0n) is 12.7. The molecule has 0 saturated carbocycles. The predicted molar refractivity (Wildman–Crippen MR) is 88.2 cm³/mol. The zero-order chi connectivity index (χ0) is 14.5. The summed E-state index contributed by atoms with van der Waals surface area (Å²) in [6.45, 7) is 4.99. The highest BCUT2D eigenvalue weighted by Crippen LogP contribution is 2.38. The maximum absolute atomic E-state index is 5.96. The number of ether oxygens (including phenoxy) is 2. The highest BCUT2D eigenvalue weighted by Gasteiger charge is 2.31. The molecule has 0 spiro atoms. The van der Waals surface area contributed by atoms with Gasteiger partial charge >= 0.3 is 0 Å². The Bertz CT molecular complexity index is 448. The average molecular weight is 307 g/mol. The Hall–Kier alpha value is -0.710. The van der Waals surface area contributed by atoms with Crippen LogP contribution in [0.1, 0.15) is 37.8 Å². The van der Waals surface area contributed by atoms with Crippen molar-refractivity contribution in [2.24, 2.45) is 0 Å². The lowest BCUT2D eigenvalue weighted by Gasteiger charge is -2.34. The van der Waals surface area contributed by atoms with Gasteiger partial charge in [0.05, 0.1) is 17.4 Å². The Morgan fingerprint density at radius 2 is 2.24 bits per heavy atom. The van der Waals surface area contributed by atoms with Gasteiger partial charge in [0, 0.05) is 17.9 Å². The molecule has 1 saturated heterocycles. The highest BCUT2D eigenvalue weighted by atomic mass is 32.2. The van der Waals surface area contributed by atoms with E-state index in [0.29, 0.717) is 17.4 Å². The lowest BCUT2D eigenvalue weighted by Crippen LogP contribution is -2.38. The van der Waals surface area contributed by atoms with E-state index < -0.39 is 0 Å². The van der Waals surface area contributed by atoms with Crippen molar-refractivity contribution in [2.45, 2.75) is 43.6 Å². The number of nitrogens with one attached hydrogen (secondary N) is 1. The van der Waals surface area contributed by atoms with E-state index in [9.17, 15) is 0 Å². The summed E-state index contributed by atoms with van der Waals surface area (Å²) in [6.07, 6.45) is 4.03. The smallest absolute Gasteiger partial charge is 0.124 e. The molecule has 3 rings (SSSR count). The minimum Gasteiger partial charge on any atom is -0.492 e. The summed E-state index contributed by atoms with van der Waals surface area (Å²) < 4.78 is 11.7. The molecule has 0 amide bonds. The van der Waals surface area contributed by atoms with Crippen molar-refractivity contribution in [3.63, 3.8) is 0 Å². The molecule has 1 aromatic carbocycles. The van der Waals surface area contributed by atoms with Gasteiger partial charge in [-0.2, -0.15) is 11.8 Å². The summed E-state index contributed by atoms with van der Waals surface area (Å²) in [4.78, 5) is 0. The molecule has 0 radical (unpaired) electrons. The second-order valence-electron chi connectivity index (χ2n) is 5.79. The van der Waals surface area contributed by atoms with Crippen LogP contribution >= 0.6 is 11.8 Å². The van der Waals surface area contributed by atoms with Gasteiger partial charge in [0.15, 0.2) is 0 Å². The Labute approximate surface area is 131 Å². The van der Waals surface area contributed by atoms with Crippen LogP contribution in [-0.4, -0.2) is 36.9 Å². The zero-order valence-corrected chi connectivity index (χ0v) is 13.5. The van der Waals surface area contributed by atoms with E-state index in [0.717, 1.165) is 37.7 Å². The number of para-hydroxylation sites is 1. The van der Waals surface area contributed by atoms with Gasteiger partial charge in [-0.3, -0.25) is 0 Å². The molecule has 3 atom stereocenters. The fourth-order valence-corrected chi connectivity index (χ4v) is 4.35. The first-order chi connectivity index (χ1) is 10.4. The van der Waals surface area contributed by atoms with Gasteiger partial charge in [-0.15, -0.1) is 0 Å². The van der Waals surface area contributed by atoms with Crippen molar-refractivity contribution < 1.29 is 9.47 Å². The van der Waals surface area contributed by atoms with Crippen LogP contribution in [0.2, 0.25) is 0 Å². The predicted octanol–water partition coefficient (Wildman–Crippen LogP) is 3.40. The lowest BCUT2D eigenvalue weighted by atomic mass is 10.00. The maximum atomic E-state index is 5.96. The number of hydrogen-bond acceptors (Lipinski definition) is 4. The lowest BCUT2D eigenvalue weighted by molar-refractivity contribution is 0.128. The van der Waals surface area contributed by atoms with Gasteiger partial charge in [-0.25, -0.2) is 0 Å². The van der Waals surface area contributed by atoms with Gasteiger partial charge in [-0.1, -0.05) is 25.1 Å². The Balaban J connectivity index is 1.66. The van der Waals surface area contributed by atoms with Crippen LogP contribution < -0.4 is 10.1 Å². The summed E-state index contributed by atoms with van der Waals surface area (Å²) in [5.41, 5.74) is 1.31. The third-order valence-corrected chi connectivity index (χ3v) is 5.56. The van der Waals surface area contributed by atoms with Gasteiger partial charge in [0.25, 0.3) is 0 Å². The Morgan fingerprint density at radius 1 is 1.33 bits per heavy atom. The topological polar surface area (TPSA) is 30.5 Å². The molecule has 1 N–H and O–H groups in total. The van der Waals surface area contributed by atoms with Crippen LogP contribution in [0.5, 0.6) is 5.75 Å². The largest absolute Gasteiger partial charge is 0.492 e. The fraction of sp³-hybridized carbons (Fsp3) is 0.647. The van der Waals surface area contributed by atoms with Crippen LogP contribution in [0.4, 0.5) is 0 Å². The van der Waals surface area contributed by atoms with Gasteiger partial charge in [0.1, 0.15) is 12.4 Å². The number of rotatable bonds is 6. The van der Waals surface area contributed by atoms with E-state index in [-0.39, 0.29) is 0 Å². The van der Waals surface area contributed by atoms with Crippen molar-refractivity contribution in [3.05, 3.63) is 29.8 Å². The average Bonchev–Trinajstić information content (AvgIpc) is 3.04. The summed E-state index contributed by atoms with van der Waals surface area (Å²) in [6, 6.07) is 8.82. The SMILES string of the molecule is CCCNC1c2ccccc2OCC1SCC1CCCO1. The Morgan fingerprint density at radius 3 is 3.05 bits per heavy atom. The van der Waals surface area contributed by atoms with Gasteiger partial charge in [-0.05, 0) is 31.9 Å². The number of hydrogen-bond donors (Lipinski definition) is 1. The highest BCUT2D eigenvalue weighted by molar-refractivity contribution is 8.00. The van der Waals surface area contributed by atoms with Gasteiger partial charge < -0.3 is 14.8 Å². The second-order valence-corrected chi connectivity index (χ2v) is 7.06. The third kappa shape index (κ3) is 3.74. The van der Waals surface area contributed by atoms with Gasteiger partial charge in [0.2, 0.25) is 0 Å². The molecule has 1 fully saturated rings. The first-order valence-electron chi connectivity index (χ1n) is 8.06. The molecule has 2 aliphatic rings. The van der Waals surface area contributed by atoms with E-state index >= 15 is 0 Å². The van der Waals surface area contributed by atoms with E-state index in [4.69, 9.17) is 9.47 Å². The normalized spacial score (nSPS) is 28.1. The molecule has 2 heterocycles. The van der Waals surface area contributed by atoms with Crippen molar-refractivity contribution in [3.8, 4) is 5.75 Å². The standard InChI is InChI=1S/C17H25NO2S/c1-2-9-18-17-14-7-3-4-8-15(14)20-11-16(17)21-12-13-6-5-10-19-13/h3-4,7-8,13,16-18H,2,5-6,9-12H2,1H3. The first-order valence-corrected chi connectivity index (χ1v) is 9.11. The molecule has 3 nitrogen and oxygen atoms in total. The molecule has 0 aromatic heterocycles. The van der Waals surface area contributed by atoms with E-state index in [2.05, 4.69) is 36.5 Å². The molecule has 4 heteroatoms. The molecular formula is C17H25NO2S. The van der Waals surface area contributed by atoms with Crippen LogP contribution in [0.15, 0.2) is 24.3 Å². The second kappa shape index (κ2) is 7.52. The quantitative estimate of drug-likeness (QED) is 0.872. The van der Waals surface area contributed by atoms with Crippen molar-refractivity contribution in [1.29, 1.82) is 0 Å². The van der Waals surface area contributed by atoms with E-state index in [1.807, 2.05) is 11.8 Å². The molecule has 2 aliphatic heterocycles. The molecule has 1 aromatic rings. The summed E-state index contributed by atoms with van der Waals surface area (Å²) in [5.74, 6) is 2.13. The van der Waals surface area contributed by atoms with Crippen LogP contribution in [0.25, 0.3) is 0 Å². The monoisotopic (exact) mass is 307 g/mol. The minimum absolute atomic E-state index is 0.390. The number of fused-ring (bicyclic) bond motifs is 1. The molecule has 3 unspecified atom stereocenters. The van der Waals surface area contributed by atoms with Crippen LogP contribution in [0.3, 0.4) is 0 Å². The summed E-state index contributed by atoms with van der Waals surface area (Å²) in [7, 11) is 0. The van der Waals surface area contributed by atoms with E-state index in [1.54, 1.807) is 0 Å². The fourth-order valence-electron chi connectivity index (χ4n) is 3.03. The molecular weight excluding hydrogens is 282 g/mol. The van der Waals surface area contributed by atoms with Crippen molar-refractivity contribution >= 4 is 11.8 Å². The third-order valence-electron chi connectivity index (χ3n) is 4.16. The number of thioether (sulfide) groups is 1. The van der Waals surface area contributed by atoms with Crippen molar-refractivity contribution in [2.75, 3.05) is 25.5 Å². The maximum Gasteiger partial charge on any atom is 0.124 e. The first kappa shape index (κ1) is 15.2. The molecule has 0 bridgehead atoms.